The molecule has 0 heterocycles. The highest BCUT2D eigenvalue weighted by atomic mass is 28.3. The van der Waals surface area contributed by atoms with Crippen molar-refractivity contribution in [1.29, 1.82) is 0 Å². The van der Waals surface area contributed by atoms with Gasteiger partial charge in [0, 0.05) is 61.3 Å². The van der Waals surface area contributed by atoms with Crippen LogP contribution in [-0.2, 0) is 74.9 Å². The molecule has 0 radical (unpaired) electrons. The van der Waals surface area contributed by atoms with E-state index >= 15 is 4.79 Å². The van der Waals surface area contributed by atoms with Crippen LogP contribution in [0.5, 0.6) is 0 Å². The van der Waals surface area contributed by atoms with E-state index in [0.717, 1.165) is 72.4 Å². The van der Waals surface area contributed by atoms with Crippen LogP contribution in [0, 0.1) is 45.8 Å². The molecule has 466 valence electrons. The van der Waals surface area contributed by atoms with Crippen LogP contribution >= 0.6 is 0 Å². The van der Waals surface area contributed by atoms with Crippen LogP contribution in [-0.4, -0.2) is 134 Å². The molecule has 17 heteroatoms. The molecule has 0 saturated heterocycles. The van der Waals surface area contributed by atoms with E-state index in [0.29, 0.717) is 58.7 Å². The van der Waals surface area contributed by atoms with E-state index in [4.69, 9.17) is 56.8 Å². The first kappa shape index (κ1) is 67.6. The molecule has 0 aliphatic heterocycles. The summed E-state index contributed by atoms with van der Waals surface area (Å²) in [4.78, 5) is 29.8. The maximum Gasteiger partial charge on any atom is 0.508 e. The quantitative estimate of drug-likeness (QED) is 0.0159. The van der Waals surface area contributed by atoms with Crippen LogP contribution in [0.25, 0.3) is 0 Å². The summed E-state index contributed by atoms with van der Waals surface area (Å²) in [5, 5.41) is 0. The number of allylic oxidation sites excluding steroid dienone is 1. The average Bonchev–Trinajstić information content (AvgIpc) is 1.49. The Balaban J connectivity index is 1.35. The minimum Gasteiger partial charge on any atom is -0.438 e. The Morgan fingerprint density at radius 3 is 1.82 bits per heavy atom. The molecule has 4 saturated carbocycles. The van der Waals surface area contributed by atoms with Crippen LogP contribution in [0.3, 0.4) is 0 Å². The van der Waals surface area contributed by atoms with E-state index in [1.54, 1.807) is 0 Å². The molecular formula is C66H106O14Si3. The first-order valence-corrected chi connectivity index (χ1v) is 42.1. The van der Waals surface area contributed by atoms with E-state index in [1.165, 1.54) is 7.11 Å². The van der Waals surface area contributed by atoms with Gasteiger partial charge in [-0.1, -0.05) is 138 Å². The van der Waals surface area contributed by atoms with Crippen molar-refractivity contribution in [3.05, 3.63) is 95.6 Å². The Bertz CT molecular complexity index is 2370. The van der Waals surface area contributed by atoms with Crippen molar-refractivity contribution in [2.75, 3.05) is 67.5 Å². The summed E-state index contributed by atoms with van der Waals surface area (Å²) in [6.45, 7) is 34.6. The number of hydrogen-bond acceptors (Lipinski definition) is 14. The lowest BCUT2D eigenvalue weighted by molar-refractivity contribution is -0.230. The van der Waals surface area contributed by atoms with Crippen molar-refractivity contribution in [3.8, 4) is 0 Å². The fourth-order valence-electron chi connectivity index (χ4n) is 15.0. The summed E-state index contributed by atoms with van der Waals surface area (Å²) in [6.07, 6.45) is 5.71. The number of carbonyl (C=O) groups is 2. The SMILES string of the molecule is C=C(C)[C@@H]1CC[C@H]([C@@H]2CCC=C2[C@H](OC(=O)OC)[C@]2(COCOCc3ccccc3)[C@@H]3CC[C@@]2(C=O)[C@@H](OCOCC[Si](C)(C)C)[C@]32CC[C@@H](C(C)(C)OCOCC[Si](C)(C)C)[C@@H]2OCOCC[Si](C)(C)C)[C@@H]1OCOCc1ccccc1. The Labute approximate surface area is 502 Å². The van der Waals surface area contributed by atoms with Gasteiger partial charge in [-0.2, -0.15) is 0 Å². The zero-order valence-electron chi connectivity index (χ0n) is 53.1. The largest absolute Gasteiger partial charge is 0.508 e. The molecule has 12 atom stereocenters. The second-order valence-corrected chi connectivity index (χ2v) is 45.7. The number of methoxy groups -OCH3 is 1. The predicted octanol–water partition coefficient (Wildman–Crippen LogP) is 14.3. The van der Waals surface area contributed by atoms with E-state index in [1.807, 2.05) is 48.5 Å². The first-order chi connectivity index (χ1) is 39.4. The number of benzene rings is 2. The number of fused-ring (bicyclic) bond motifs is 3. The summed E-state index contributed by atoms with van der Waals surface area (Å²) >= 11 is 0. The molecule has 5 aliphatic carbocycles. The molecule has 7 rings (SSSR count). The summed E-state index contributed by atoms with van der Waals surface area (Å²) in [7, 11) is -2.94. The van der Waals surface area contributed by atoms with E-state index < -0.39 is 70.5 Å². The zero-order chi connectivity index (χ0) is 60.1. The van der Waals surface area contributed by atoms with Crippen molar-refractivity contribution in [2.24, 2.45) is 45.8 Å². The molecule has 2 aromatic rings. The van der Waals surface area contributed by atoms with Crippen LogP contribution in [0.4, 0.5) is 4.79 Å². The second kappa shape index (κ2) is 29.9. The van der Waals surface area contributed by atoms with Gasteiger partial charge in [0.1, 0.15) is 46.4 Å². The summed E-state index contributed by atoms with van der Waals surface area (Å²) in [6, 6.07) is 23.1. The molecule has 2 aromatic carbocycles. The van der Waals surface area contributed by atoms with Crippen molar-refractivity contribution in [3.63, 3.8) is 0 Å². The van der Waals surface area contributed by atoms with Crippen LogP contribution in [0.1, 0.15) is 83.3 Å². The second-order valence-electron chi connectivity index (χ2n) is 28.9. The van der Waals surface area contributed by atoms with Crippen molar-refractivity contribution < 1.29 is 66.4 Å². The third-order valence-corrected chi connectivity index (χ3v) is 24.4. The lowest BCUT2D eigenvalue weighted by Gasteiger charge is -2.49. The minimum absolute atomic E-state index is 0.0102. The van der Waals surface area contributed by atoms with Gasteiger partial charge in [0.15, 0.2) is 0 Å². The molecule has 14 nitrogen and oxygen atoms in total. The fraction of sp³-hybridized carbons (Fsp3) is 0.727. The highest BCUT2D eigenvalue weighted by molar-refractivity contribution is 6.76. The fourth-order valence-corrected chi connectivity index (χ4v) is 17.3. The summed E-state index contributed by atoms with van der Waals surface area (Å²) in [5.74, 6) is -0.565. The number of carbonyl (C=O) groups excluding carboxylic acids is 2. The molecule has 4 fully saturated rings. The van der Waals surface area contributed by atoms with Crippen molar-refractivity contribution in [1.82, 2.24) is 0 Å². The maximum absolute atomic E-state index is 15.4. The molecular weight excluding hydrogens is 1100 g/mol. The van der Waals surface area contributed by atoms with Crippen LogP contribution < -0.4 is 0 Å². The van der Waals surface area contributed by atoms with Crippen molar-refractivity contribution >= 4 is 36.7 Å². The van der Waals surface area contributed by atoms with Gasteiger partial charge in [0.25, 0.3) is 0 Å². The normalized spacial score (nSPS) is 29.4. The van der Waals surface area contributed by atoms with Gasteiger partial charge < -0.3 is 61.6 Å². The van der Waals surface area contributed by atoms with Crippen LogP contribution in [0.15, 0.2) is 84.5 Å². The third-order valence-electron chi connectivity index (χ3n) is 19.3. The Kier molecular flexibility index (Phi) is 24.3. The topological polar surface area (TPSA) is 145 Å². The first-order valence-electron chi connectivity index (χ1n) is 31.0. The smallest absolute Gasteiger partial charge is 0.438 e. The molecule has 2 bridgehead atoms. The van der Waals surface area contributed by atoms with Gasteiger partial charge in [-0.3, -0.25) is 0 Å². The summed E-state index contributed by atoms with van der Waals surface area (Å²) in [5.41, 5.74) is -0.0730. The maximum atomic E-state index is 15.4. The number of aldehydes is 1. The highest BCUT2D eigenvalue weighted by Gasteiger charge is 2.85. The standard InChI is InChI=1S/C66H106O14Si3/c1-49(2)52-28-29-54(58(52)76-47-74-41-51-24-19-16-20-25-51)53-26-21-27-55(53)59(80-62(68)69-5)66(43-75-44-73-40-50-22-17-15-18-23-50)57-31-32-64(66,42-67)61(78-46-71-35-38-82(9,10)11)65(57)33-30-56(60(65)77-45-70-34-37-81(6,7)8)63(3,4)79-48-72-36-39-83(12,13)14/h15-20,22-25,27,42,52-54,56-61H,1,21,26,28-41,43-48H2,2-14H3/t52-,53-,54+,56+,57+,58+,59-,60-,61+,64+,65+,66-/m0/s1. The molecule has 0 amide bonds. The summed E-state index contributed by atoms with van der Waals surface area (Å²) < 4.78 is 79.8. The van der Waals surface area contributed by atoms with Gasteiger partial charge in [0.2, 0.25) is 0 Å². The molecule has 0 N–H and O–H groups in total. The number of hydrogen-bond donors (Lipinski definition) is 0. The number of ether oxygens (including phenoxy) is 12. The van der Waals surface area contributed by atoms with Gasteiger partial charge in [-0.25, -0.2) is 4.79 Å². The van der Waals surface area contributed by atoms with E-state index in [-0.39, 0.29) is 76.3 Å². The average molecular weight is 1210 g/mol. The number of rotatable bonds is 36. The van der Waals surface area contributed by atoms with Crippen molar-refractivity contribution in [2.45, 2.75) is 192 Å². The monoisotopic (exact) mass is 1210 g/mol. The Morgan fingerprint density at radius 1 is 0.687 bits per heavy atom. The molecule has 5 aliphatic rings. The predicted molar refractivity (Wildman–Crippen MR) is 333 cm³/mol. The van der Waals surface area contributed by atoms with E-state index in [2.05, 4.69) is 104 Å². The lowest BCUT2D eigenvalue weighted by atomic mass is 9.60. The minimum atomic E-state index is -1.49. The Hall–Kier alpha value is -2.89. The molecule has 1 spiro atoms. The van der Waals surface area contributed by atoms with E-state index in [9.17, 15) is 4.79 Å². The highest BCUT2D eigenvalue weighted by Crippen LogP contribution is 2.79. The molecule has 0 aromatic heterocycles. The lowest BCUT2D eigenvalue weighted by Crippen LogP contribution is -2.57. The molecule has 0 unspecified atom stereocenters. The molecule has 83 heavy (non-hydrogen) atoms. The van der Waals surface area contributed by atoms with Gasteiger partial charge in [-0.15, -0.1) is 0 Å². The zero-order valence-corrected chi connectivity index (χ0v) is 56.1. The van der Waals surface area contributed by atoms with Gasteiger partial charge in [0.05, 0.1) is 61.7 Å². The van der Waals surface area contributed by atoms with Crippen LogP contribution in [0.2, 0.25) is 77.1 Å². The third kappa shape index (κ3) is 16.6. The van der Waals surface area contributed by atoms with Gasteiger partial charge in [-0.05, 0) is 125 Å². The van der Waals surface area contributed by atoms with Gasteiger partial charge >= 0.3 is 6.16 Å². The Morgan fingerprint density at radius 2 is 1.25 bits per heavy atom.